The van der Waals surface area contributed by atoms with Crippen molar-refractivity contribution >= 4 is 23.8 Å². The number of phenolic OH excluding ortho intramolecular Hbond substituents is 2. The fraction of sp³-hybridized carbons (Fsp3) is 0.444. The number of likely N-dealkylation sites (tertiary alicyclic amines) is 2. The van der Waals surface area contributed by atoms with Crippen molar-refractivity contribution in [3.8, 4) is 34.5 Å². The number of ether oxygens (including phenoxy) is 4. The minimum atomic E-state index is 0.0629. The van der Waals surface area contributed by atoms with Crippen molar-refractivity contribution in [2.45, 2.75) is 38.5 Å². The molecule has 0 unspecified atom stereocenters. The Morgan fingerprint density at radius 1 is 0.609 bits per heavy atom. The van der Waals surface area contributed by atoms with Gasteiger partial charge in [0.2, 0.25) is 0 Å². The van der Waals surface area contributed by atoms with Crippen LogP contribution in [0, 0.1) is 0 Å². The predicted octanol–water partition coefficient (Wildman–Crippen LogP) is 6.35. The molecule has 0 atom stereocenters. The summed E-state index contributed by atoms with van der Waals surface area (Å²) in [7, 11) is 3.11. The van der Waals surface area contributed by atoms with Gasteiger partial charge >= 0.3 is 0 Å². The highest BCUT2D eigenvalue weighted by Crippen LogP contribution is 2.40. The fourth-order valence-electron chi connectivity index (χ4n) is 5.74. The van der Waals surface area contributed by atoms with Crippen molar-refractivity contribution in [2.75, 3.05) is 66.7 Å². The van der Waals surface area contributed by atoms with Gasteiger partial charge in [0.15, 0.2) is 11.5 Å². The maximum atomic E-state index is 10.7. The van der Waals surface area contributed by atoms with E-state index in [0.29, 0.717) is 58.7 Å². The van der Waals surface area contributed by atoms with E-state index in [1.807, 2.05) is 12.1 Å². The van der Waals surface area contributed by atoms with Crippen LogP contribution in [0.1, 0.15) is 49.7 Å². The number of hydrogen-bond donors (Lipinski definition) is 2. The van der Waals surface area contributed by atoms with Crippen molar-refractivity contribution in [3.63, 3.8) is 0 Å². The molecule has 0 aliphatic carbocycles. The van der Waals surface area contributed by atoms with E-state index in [-0.39, 0.29) is 11.5 Å². The molecule has 0 aromatic heterocycles. The summed E-state index contributed by atoms with van der Waals surface area (Å²) in [4.78, 5) is 14.1. The molecule has 2 fully saturated rings. The van der Waals surface area contributed by atoms with E-state index < -0.39 is 0 Å². The number of aromatic hydroxyl groups is 2. The molecule has 0 bridgehead atoms. The summed E-state index contributed by atoms with van der Waals surface area (Å²) in [5.74, 6) is 2.33. The van der Waals surface area contributed by atoms with Crippen LogP contribution in [0.25, 0.3) is 0 Å². The summed E-state index contributed by atoms with van der Waals surface area (Å²) in [6.07, 6.45) is 10.7. The van der Waals surface area contributed by atoms with Crippen LogP contribution in [0.3, 0.4) is 0 Å². The first-order valence-corrected chi connectivity index (χ1v) is 16.2. The molecule has 2 aliphatic rings. The molecule has 5 rings (SSSR count). The molecule has 0 saturated carbocycles. The third-order valence-electron chi connectivity index (χ3n) is 8.42. The molecule has 2 aliphatic heterocycles. The van der Waals surface area contributed by atoms with Crippen LogP contribution >= 0.6 is 0 Å². The number of phenols is 2. The molecule has 10 heteroatoms. The number of rotatable bonds is 14. The second-order valence-electron chi connectivity index (χ2n) is 11.7. The maximum absolute atomic E-state index is 10.7. The molecule has 10 nitrogen and oxygen atoms in total. The van der Waals surface area contributed by atoms with Crippen LogP contribution in [0.2, 0.25) is 0 Å². The van der Waals surface area contributed by atoms with Gasteiger partial charge in [0.25, 0.3) is 0 Å². The van der Waals surface area contributed by atoms with Crippen LogP contribution < -0.4 is 18.9 Å². The number of piperidine rings is 2. The molecule has 0 spiro atoms. The SMILES string of the molecule is COc1cc(N=Cc2ccc(OCCN3CCCCC3)cc2O)c(N=Cc2ccc(OCCN3CCCCC3)cc2O)cc1OC. The van der Waals surface area contributed by atoms with E-state index in [9.17, 15) is 10.2 Å². The van der Waals surface area contributed by atoms with Gasteiger partial charge in [-0.2, -0.15) is 0 Å². The van der Waals surface area contributed by atoms with Gasteiger partial charge in [-0.25, -0.2) is 0 Å². The van der Waals surface area contributed by atoms with Gasteiger partial charge in [-0.3, -0.25) is 19.8 Å². The summed E-state index contributed by atoms with van der Waals surface area (Å²) in [6.45, 7) is 7.37. The summed E-state index contributed by atoms with van der Waals surface area (Å²) in [6, 6.07) is 13.8. The lowest BCUT2D eigenvalue weighted by molar-refractivity contribution is 0.183. The van der Waals surface area contributed by atoms with Crippen molar-refractivity contribution in [1.82, 2.24) is 9.80 Å². The van der Waals surface area contributed by atoms with Gasteiger partial charge in [0.1, 0.15) is 36.2 Å². The summed E-state index contributed by atoms with van der Waals surface area (Å²) in [5, 5.41) is 21.4. The van der Waals surface area contributed by atoms with Gasteiger partial charge in [-0.05, 0) is 76.1 Å². The number of aliphatic imine (C=N–C) groups is 2. The standard InChI is InChI=1S/C36H46N4O6/c1-43-35-23-31(37-25-27-9-11-29(21-33(27)41)45-19-17-39-13-5-3-6-14-39)32(24-36(35)44-2)38-26-28-10-12-30(22-34(28)42)46-20-18-40-15-7-4-8-16-40/h9-12,21-26,41-42H,3-8,13-20H2,1-2H3. The highest BCUT2D eigenvalue weighted by Gasteiger charge is 2.13. The third kappa shape index (κ3) is 9.37. The Bertz CT molecular complexity index is 1370. The average molecular weight is 631 g/mol. The summed E-state index contributed by atoms with van der Waals surface area (Å²) < 4.78 is 22.8. The Balaban J connectivity index is 1.25. The molecular weight excluding hydrogens is 584 g/mol. The zero-order valence-electron chi connectivity index (χ0n) is 27.0. The van der Waals surface area contributed by atoms with Crippen LogP contribution in [0.5, 0.6) is 34.5 Å². The number of benzene rings is 3. The summed E-state index contributed by atoms with van der Waals surface area (Å²) >= 11 is 0. The topological polar surface area (TPSA) is 109 Å². The molecule has 3 aromatic carbocycles. The Morgan fingerprint density at radius 2 is 1.02 bits per heavy atom. The molecule has 46 heavy (non-hydrogen) atoms. The predicted molar refractivity (Wildman–Crippen MR) is 182 cm³/mol. The molecular formula is C36H46N4O6. The third-order valence-corrected chi connectivity index (χ3v) is 8.42. The molecule has 2 saturated heterocycles. The molecule has 3 aromatic rings. The molecule has 246 valence electrons. The van der Waals surface area contributed by atoms with E-state index in [0.717, 1.165) is 39.3 Å². The molecule has 0 radical (unpaired) electrons. The molecule has 2 heterocycles. The minimum Gasteiger partial charge on any atom is -0.507 e. The first-order chi connectivity index (χ1) is 22.5. The molecule has 0 amide bonds. The maximum Gasteiger partial charge on any atom is 0.163 e. The van der Waals surface area contributed by atoms with Crippen molar-refractivity contribution in [3.05, 3.63) is 59.7 Å². The number of hydrogen-bond acceptors (Lipinski definition) is 10. The van der Waals surface area contributed by atoms with E-state index in [2.05, 4.69) is 19.8 Å². The lowest BCUT2D eigenvalue weighted by Gasteiger charge is -2.26. The Labute approximate surface area is 271 Å². The quantitative estimate of drug-likeness (QED) is 0.199. The van der Waals surface area contributed by atoms with Gasteiger partial charge in [0, 0.05) is 60.9 Å². The van der Waals surface area contributed by atoms with Crippen molar-refractivity contribution in [1.29, 1.82) is 0 Å². The lowest BCUT2D eigenvalue weighted by atomic mass is 10.1. The van der Waals surface area contributed by atoms with E-state index in [1.165, 1.54) is 38.5 Å². The lowest BCUT2D eigenvalue weighted by Crippen LogP contribution is -2.33. The summed E-state index contributed by atoms with van der Waals surface area (Å²) in [5.41, 5.74) is 2.04. The van der Waals surface area contributed by atoms with E-state index >= 15 is 0 Å². The number of nitrogens with zero attached hydrogens (tertiary/aromatic N) is 4. The zero-order chi connectivity index (χ0) is 32.1. The van der Waals surface area contributed by atoms with Crippen molar-refractivity contribution < 1.29 is 29.2 Å². The van der Waals surface area contributed by atoms with E-state index in [4.69, 9.17) is 18.9 Å². The average Bonchev–Trinajstić information content (AvgIpc) is 3.08. The zero-order valence-corrected chi connectivity index (χ0v) is 27.0. The largest absolute Gasteiger partial charge is 0.507 e. The highest BCUT2D eigenvalue weighted by molar-refractivity contribution is 5.90. The monoisotopic (exact) mass is 630 g/mol. The first-order valence-electron chi connectivity index (χ1n) is 16.2. The van der Waals surface area contributed by atoms with Gasteiger partial charge in [0.05, 0.1) is 25.6 Å². The Morgan fingerprint density at radius 3 is 1.39 bits per heavy atom. The molecule has 2 N–H and O–H groups in total. The van der Waals surface area contributed by atoms with Gasteiger partial charge in [-0.1, -0.05) is 12.8 Å². The van der Waals surface area contributed by atoms with Crippen LogP contribution in [-0.2, 0) is 0 Å². The van der Waals surface area contributed by atoms with Crippen molar-refractivity contribution in [2.24, 2.45) is 9.98 Å². The first kappa shape index (κ1) is 33.1. The smallest absolute Gasteiger partial charge is 0.163 e. The van der Waals surface area contributed by atoms with Crippen LogP contribution in [0.4, 0.5) is 11.4 Å². The normalized spacial score (nSPS) is 16.2. The van der Waals surface area contributed by atoms with E-state index in [1.54, 1.807) is 63.0 Å². The van der Waals surface area contributed by atoms with Crippen LogP contribution in [-0.4, -0.2) is 99.1 Å². The minimum absolute atomic E-state index is 0.0629. The van der Waals surface area contributed by atoms with Gasteiger partial charge < -0.3 is 29.2 Å². The fourth-order valence-corrected chi connectivity index (χ4v) is 5.74. The Hall–Kier alpha value is -4.28. The Kier molecular flexibility index (Phi) is 12.1. The second-order valence-corrected chi connectivity index (χ2v) is 11.7. The highest BCUT2D eigenvalue weighted by atomic mass is 16.5. The van der Waals surface area contributed by atoms with Gasteiger partial charge in [-0.15, -0.1) is 0 Å². The second kappa shape index (κ2) is 16.9. The van der Waals surface area contributed by atoms with Crippen LogP contribution in [0.15, 0.2) is 58.5 Å². The number of methoxy groups -OCH3 is 2.